The first-order chi connectivity index (χ1) is 11.5. The van der Waals surface area contributed by atoms with E-state index in [9.17, 15) is 0 Å². The number of aromatic nitrogens is 2. The van der Waals surface area contributed by atoms with Gasteiger partial charge in [0.1, 0.15) is 5.75 Å². The molecule has 1 fully saturated rings. The van der Waals surface area contributed by atoms with Gasteiger partial charge in [-0.3, -0.25) is 4.90 Å². The van der Waals surface area contributed by atoms with Crippen LogP contribution >= 0.6 is 12.2 Å². The van der Waals surface area contributed by atoms with Gasteiger partial charge in [-0.2, -0.15) is 0 Å². The molecule has 0 bridgehead atoms. The fourth-order valence-corrected chi connectivity index (χ4v) is 2.96. The van der Waals surface area contributed by atoms with Crippen molar-refractivity contribution in [1.82, 2.24) is 14.7 Å². The van der Waals surface area contributed by atoms with Crippen molar-refractivity contribution < 1.29 is 13.9 Å². The van der Waals surface area contributed by atoms with Gasteiger partial charge in [-0.15, -0.1) is 5.10 Å². The second-order valence-corrected chi connectivity index (χ2v) is 6.54. The predicted molar refractivity (Wildman–Crippen MR) is 92.7 cm³/mol. The Hall–Kier alpha value is -1.70. The number of hydrogen-bond acceptors (Lipinski definition) is 6. The van der Waals surface area contributed by atoms with E-state index in [1.165, 1.54) is 0 Å². The van der Waals surface area contributed by atoms with E-state index in [0.29, 0.717) is 29.9 Å². The molecular formula is C17H23N3O3S. The van der Waals surface area contributed by atoms with Gasteiger partial charge in [0.25, 0.3) is 4.84 Å². The number of nitrogens with zero attached hydrogens (tertiary/aromatic N) is 3. The van der Waals surface area contributed by atoms with Crippen LogP contribution in [-0.4, -0.2) is 47.1 Å². The molecule has 0 aliphatic carbocycles. The van der Waals surface area contributed by atoms with Gasteiger partial charge >= 0.3 is 0 Å². The molecule has 3 rings (SSSR count). The third kappa shape index (κ3) is 4.03. The topological polar surface area (TPSA) is 52.7 Å². The average Bonchev–Trinajstić information content (AvgIpc) is 2.91. The minimum Gasteiger partial charge on any atom is -0.497 e. The summed E-state index contributed by atoms with van der Waals surface area (Å²) in [6.07, 6.45) is 0.830. The van der Waals surface area contributed by atoms with E-state index in [4.69, 9.17) is 26.1 Å². The van der Waals surface area contributed by atoms with E-state index in [-0.39, 0.29) is 6.10 Å². The fraction of sp³-hybridized carbons (Fsp3) is 0.529. The van der Waals surface area contributed by atoms with Crippen molar-refractivity contribution in [3.63, 3.8) is 0 Å². The van der Waals surface area contributed by atoms with Crippen molar-refractivity contribution >= 4 is 12.2 Å². The number of rotatable bonds is 5. The highest BCUT2D eigenvalue weighted by atomic mass is 32.1. The van der Waals surface area contributed by atoms with Crippen LogP contribution in [0.3, 0.4) is 0 Å². The molecular weight excluding hydrogens is 326 g/mol. The summed E-state index contributed by atoms with van der Waals surface area (Å²) >= 11 is 5.32. The second kappa shape index (κ2) is 7.46. The maximum atomic E-state index is 5.66. The normalized spacial score (nSPS) is 21.8. The van der Waals surface area contributed by atoms with Gasteiger partial charge < -0.3 is 13.9 Å². The highest BCUT2D eigenvalue weighted by Gasteiger charge is 2.24. The molecule has 2 heterocycles. The summed E-state index contributed by atoms with van der Waals surface area (Å²) in [7, 11) is 1.66. The summed E-state index contributed by atoms with van der Waals surface area (Å²) in [6.45, 7) is 6.44. The lowest BCUT2D eigenvalue weighted by atomic mass is 10.1. The smallest absolute Gasteiger partial charge is 0.288 e. The van der Waals surface area contributed by atoms with Gasteiger partial charge in [0.2, 0.25) is 5.89 Å². The van der Waals surface area contributed by atoms with Crippen LogP contribution < -0.4 is 4.74 Å². The standard InChI is InChI=1S/C17H23N3O3S/c1-12-10-22-13(2)9-19(12)11-20-17(24)23-16(18-20)8-14-4-6-15(21-3)7-5-14/h4-7,12-13H,8-11H2,1-3H3. The minimum absolute atomic E-state index is 0.223. The van der Waals surface area contributed by atoms with E-state index in [1.807, 2.05) is 24.3 Å². The Labute approximate surface area is 147 Å². The highest BCUT2D eigenvalue weighted by Crippen LogP contribution is 2.16. The molecule has 2 atom stereocenters. The molecule has 1 aromatic carbocycles. The molecule has 6 nitrogen and oxygen atoms in total. The van der Waals surface area contributed by atoms with E-state index in [2.05, 4.69) is 23.8 Å². The van der Waals surface area contributed by atoms with Crippen LogP contribution in [0.25, 0.3) is 0 Å². The Balaban J connectivity index is 1.69. The molecule has 2 unspecified atom stereocenters. The lowest BCUT2D eigenvalue weighted by Crippen LogP contribution is -2.47. The molecule has 1 aliphatic heterocycles. The molecule has 24 heavy (non-hydrogen) atoms. The Kier molecular flexibility index (Phi) is 5.33. The molecule has 0 N–H and O–H groups in total. The van der Waals surface area contributed by atoms with Crippen molar-refractivity contribution in [2.75, 3.05) is 20.3 Å². The summed E-state index contributed by atoms with van der Waals surface area (Å²) < 4.78 is 18.2. The van der Waals surface area contributed by atoms with Crippen LogP contribution in [-0.2, 0) is 17.8 Å². The number of benzene rings is 1. The first-order valence-electron chi connectivity index (χ1n) is 8.10. The van der Waals surface area contributed by atoms with E-state index < -0.39 is 0 Å². The van der Waals surface area contributed by atoms with Crippen molar-refractivity contribution in [2.45, 2.75) is 39.1 Å². The van der Waals surface area contributed by atoms with Gasteiger partial charge in [0.15, 0.2) is 0 Å². The maximum Gasteiger partial charge on any atom is 0.288 e. The number of methoxy groups -OCH3 is 1. The van der Waals surface area contributed by atoms with E-state index >= 15 is 0 Å². The molecule has 7 heteroatoms. The first-order valence-corrected chi connectivity index (χ1v) is 8.51. The minimum atomic E-state index is 0.223. The van der Waals surface area contributed by atoms with E-state index in [0.717, 1.165) is 24.5 Å². The molecule has 0 radical (unpaired) electrons. The Morgan fingerprint density at radius 2 is 2.04 bits per heavy atom. The molecule has 1 saturated heterocycles. The molecule has 0 amide bonds. The predicted octanol–water partition coefficient (Wildman–Crippen LogP) is 2.87. The van der Waals surface area contributed by atoms with Gasteiger partial charge in [0.05, 0.1) is 32.9 Å². The van der Waals surface area contributed by atoms with Gasteiger partial charge in [-0.25, -0.2) is 4.68 Å². The second-order valence-electron chi connectivity index (χ2n) is 6.19. The lowest BCUT2D eigenvalue weighted by Gasteiger charge is -2.36. The third-order valence-corrected chi connectivity index (χ3v) is 4.51. The summed E-state index contributed by atoms with van der Waals surface area (Å²) in [5.74, 6) is 1.46. The zero-order valence-corrected chi connectivity index (χ0v) is 15.1. The maximum absolute atomic E-state index is 5.66. The van der Waals surface area contributed by atoms with E-state index in [1.54, 1.807) is 11.8 Å². The summed E-state index contributed by atoms with van der Waals surface area (Å²) in [4.78, 5) is 2.72. The molecule has 1 aliphatic rings. The van der Waals surface area contributed by atoms with Gasteiger partial charge in [0, 0.05) is 12.6 Å². The van der Waals surface area contributed by atoms with Crippen LogP contribution in [0.5, 0.6) is 5.75 Å². The van der Waals surface area contributed by atoms with Crippen molar-refractivity contribution in [1.29, 1.82) is 0 Å². The number of hydrogen-bond donors (Lipinski definition) is 0. The van der Waals surface area contributed by atoms with Crippen molar-refractivity contribution in [3.05, 3.63) is 40.6 Å². The number of morpholine rings is 1. The lowest BCUT2D eigenvalue weighted by molar-refractivity contribution is -0.0627. The zero-order chi connectivity index (χ0) is 17.1. The molecule has 2 aromatic rings. The third-order valence-electron chi connectivity index (χ3n) is 4.22. The largest absolute Gasteiger partial charge is 0.497 e. The zero-order valence-electron chi connectivity index (χ0n) is 14.3. The summed E-state index contributed by atoms with van der Waals surface area (Å²) in [6, 6.07) is 8.20. The Morgan fingerprint density at radius 3 is 2.75 bits per heavy atom. The Morgan fingerprint density at radius 1 is 1.29 bits per heavy atom. The SMILES string of the molecule is COc1ccc(Cc2nn(CN3CC(C)OCC3C)c(=S)o2)cc1. The van der Waals surface area contributed by atoms with Crippen LogP contribution in [0.2, 0.25) is 0 Å². The summed E-state index contributed by atoms with van der Waals surface area (Å²) in [5.41, 5.74) is 1.10. The van der Waals surface area contributed by atoms with Gasteiger partial charge in [-0.05, 0) is 43.8 Å². The van der Waals surface area contributed by atoms with Crippen LogP contribution in [0.15, 0.2) is 28.7 Å². The Bertz CT molecular complexity index is 725. The monoisotopic (exact) mass is 349 g/mol. The molecule has 0 spiro atoms. The average molecular weight is 349 g/mol. The summed E-state index contributed by atoms with van der Waals surface area (Å²) in [5, 5.41) is 4.53. The van der Waals surface area contributed by atoms with Crippen LogP contribution in [0.1, 0.15) is 25.3 Å². The quantitative estimate of drug-likeness (QED) is 0.774. The van der Waals surface area contributed by atoms with Crippen molar-refractivity contribution in [2.24, 2.45) is 0 Å². The van der Waals surface area contributed by atoms with Crippen LogP contribution in [0, 0.1) is 4.84 Å². The van der Waals surface area contributed by atoms with Crippen molar-refractivity contribution in [3.8, 4) is 5.75 Å². The number of ether oxygens (including phenoxy) is 2. The molecule has 130 valence electrons. The first kappa shape index (κ1) is 17.1. The van der Waals surface area contributed by atoms with Gasteiger partial charge in [-0.1, -0.05) is 12.1 Å². The fourth-order valence-electron chi connectivity index (χ4n) is 2.77. The van der Waals surface area contributed by atoms with Crippen LogP contribution in [0.4, 0.5) is 0 Å². The molecule has 1 aromatic heterocycles. The highest BCUT2D eigenvalue weighted by molar-refractivity contribution is 7.71. The molecule has 0 saturated carbocycles.